The number of H-pyrrole nitrogens is 1. The maximum absolute atomic E-state index is 12.0. The second-order valence-corrected chi connectivity index (χ2v) is 5.01. The molecule has 1 amide bonds. The number of fused-ring (bicyclic) bond motifs is 1. The summed E-state index contributed by atoms with van der Waals surface area (Å²) in [6.07, 6.45) is 4.06. The van der Waals surface area contributed by atoms with E-state index in [9.17, 15) is 4.79 Å². The fourth-order valence-electron chi connectivity index (χ4n) is 2.47. The number of carbonyl (C=O) groups excluding carboxylic acids is 1. The Balaban J connectivity index is 1.48. The molecule has 1 aromatic heterocycles. The van der Waals surface area contributed by atoms with Crippen molar-refractivity contribution in [2.45, 2.75) is 25.9 Å². The predicted octanol–water partition coefficient (Wildman–Crippen LogP) is 1.76. The van der Waals surface area contributed by atoms with Crippen molar-refractivity contribution in [2.24, 2.45) is 5.92 Å². The van der Waals surface area contributed by atoms with E-state index >= 15 is 0 Å². The standard InChI is InChI=1S/C15H17N3O2/c19-15(18-20-9-11-4-2-1-3-5-11)12-6-7-13-14(8-12)17-10-16-13/h1-5,10,12H,6-9H2,(H,16,17)(H,18,19). The van der Waals surface area contributed by atoms with Crippen LogP contribution in [0.2, 0.25) is 0 Å². The van der Waals surface area contributed by atoms with Gasteiger partial charge in [-0.25, -0.2) is 10.5 Å². The van der Waals surface area contributed by atoms with Crippen molar-refractivity contribution in [3.63, 3.8) is 0 Å². The summed E-state index contributed by atoms with van der Waals surface area (Å²) >= 11 is 0. The fraction of sp³-hybridized carbons (Fsp3) is 0.333. The highest BCUT2D eigenvalue weighted by Gasteiger charge is 2.26. The first-order valence-electron chi connectivity index (χ1n) is 6.79. The Hall–Kier alpha value is -2.14. The number of aromatic amines is 1. The van der Waals surface area contributed by atoms with Crippen LogP contribution in [0.5, 0.6) is 0 Å². The van der Waals surface area contributed by atoms with Crippen LogP contribution < -0.4 is 5.48 Å². The molecule has 3 rings (SSSR count). The SMILES string of the molecule is O=C(NOCc1ccccc1)C1CCc2nc[nH]c2C1. The van der Waals surface area contributed by atoms with Gasteiger partial charge in [-0.15, -0.1) is 0 Å². The van der Waals surface area contributed by atoms with Crippen molar-refractivity contribution < 1.29 is 9.63 Å². The number of hydrogen-bond acceptors (Lipinski definition) is 3. The molecule has 1 aliphatic carbocycles. The Morgan fingerprint density at radius 1 is 1.40 bits per heavy atom. The zero-order valence-electron chi connectivity index (χ0n) is 11.1. The van der Waals surface area contributed by atoms with Crippen LogP contribution in [0, 0.1) is 5.92 Å². The van der Waals surface area contributed by atoms with E-state index in [0.29, 0.717) is 13.0 Å². The molecule has 1 atom stereocenters. The van der Waals surface area contributed by atoms with Crippen molar-refractivity contribution in [3.05, 3.63) is 53.6 Å². The third-order valence-corrected chi connectivity index (χ3v) is 3.61. The summed E-state index contributed by atoms with van der Waals surface area (Å²) < 4.78 is 0. The van der Waals surface area contributed by atoms with E-state index in [1.54, 1.807) is 6.33 Å². The third-order valence-electron chi connectivity index (χ3n) is 3.61. The lowest BCUT2D eigenvalue weighted by atomic mass is 9.89. The first-order chi connectivity index (χ1) is 9.83. The average molecular weight is 271 g/mol. The number of hydrogen-bond donors (Lipinski definition) is 2. The topological polar surface area (TPSA) is 67.0 Å². The molecule has 0 aliphatic heterocycles. The first kappa shape index (κ1) is 12.9. The van der Waals surface area contributed by atoms with Crippen LogP contribution in [0.25, 0.3) is 0 Å². The molecular formula is C15H17N3O2. The molecular weight excluding hydrogens is 254 g/mol. The molecule has 5 nitrogen and oxygen atoms in total. The summed E-state index contributed by atoms with van der Waals surface area (Å²) in [6.45, 7) is 0.384. The molecule has 0 spiro atoms. The number of rotatable bonds is 4. The van der Waals surface area contributed by atoms with Crippen molar-refractivity contribution >= 4 is 5.91 Å². The molecule has 1 aromatic carbocycles. The molecule has 1 unspecified atom stereocenters. The van der Waals surface area contributed by atoms with E-state index in [0.717, 1.165) is 29.8 Å². The first-order valence-corrected chi connectivity index (χ1v) is 6.79. The summed E-state index contributed by atoms with van der Waals surface area (Å²) in [5, 5.41) is 0. The number of carbonyl (C=O) groups is 1. The molecule has 5 heteroatoms. The zero-order valence-corrected chi connectivity index (χ0v) is 11.1. The van der Waals surface area contributed by atoms with Gasteiger partial charge in [0.15, 0.2) is 0 Å². The van der Waals surface area contributed by atoms with E-state index in [-0.39, 0.29) is 11.8 Å². The lowest BCUT2D eigenvalue weighted by Crippen LogP contribution is -2.34. The van der Waals surface area contributed by atoms with Gasteiger partial charge in [-0.05, 0) is 18.4 Å². The van der Waals surface area contributed by atoms with E-state index < -0.39 is 0 Å². The Morgan fingerprint density at radius 3 is 3.10 bits per heavy atom. The zero-order chi connectivity index (χ0) is 13.8. The molecule has 0 bridgehead atoms. The van der Waals surface area contributed by atoms with Gasteiger partial charge in [-0.2, -0.15) is 0 Å². The minimum atomic E-state index is -0.0545. The molecule has 104 valence electrons. The van der Waals surface area contributed by atoms with E-state index in [1.807, 2.05) is 30.3 Å². The Bertz CT molecular complexity index is 580. The Morgan fingerprint density at radius 2 is 2.25 bits per heavy atom. The summed E-state index contributed by atoms with van der Waals surface area (Å²) in [6, 6.07) is 9.77. The molecule has 0 radical (unpaired) electrons. The van der Waals surface area contributed by atoms with Crippen molar-refractivity contribution in [2.75, 3.05) is 0 Å². The van der Waals surface area contributed by atoms with Crippen LogP contribution in [0.3, 0.4) is 0 Å². The number of aromatic nitrogens is 2. The fourth-order valence-corrected chi connectivity index (χ4v) is 2.47. The van der Waals surface area contributed by atoms with Crippen LogP contribution in [-0.4, -0.2) is 15.9 Å². The van der Waals surface area contributed by atoms with Crippen LogP contribution >= 0.6 is 0 Å². The molecule has 1 heterocycles. The second-order valence-electron chi connectivity index (χ2n) is 5.01. The Kier molecular flexibility index (Phi) is 3.78. The number of benzene rings is 1. The van der Waals surface area contributed by atoms with E-state index in [4.69, 9.17) is 4.84 Å². The van der Waals surface area contributed by atoms with Crippen molar-refractivity contribution in [1.29, 1.82) is 0 Å². The molecule has 0 saturated carbocycles. The highest BCUT2D eigenvalue weighted by Crippen LogP contribution is 2.22. The lowest BCUT2D eigenvalue weighted by molar-refractivity contribution is -0.139. The molecule has 20 heavy (non-hydrogen) atoms. The highest BCUT2D eigenvalue weighted by molar-refractivity contribution is 5.78. The van der Waals surface area contributed by atoms with Crippen molar-refractivity contribution in [1.82, 2.24) is 15.4 Å². The number of aryl methyl sites for hydroxylation is 1. The van der Waals surface area contributed by atoms with E-state index in [2.05, 4.69) is 15.4 Å². The smallest absolute Gasteiger partial charge is 0.247 e. The summed E-state index contributed by atoms with van der Waals surface area (Å²) in [7, 11) is 0. The second kappa shape index (κ2) is 5.88. The third kappa shape index (κ3) is 2.88. The van der Waals surface area contributed by atoms with Crippen LogP contribution in [0.1, 0.15) is 23.4 Å². The van der Waals surface area contributed by atoms with Gasteiger partial charge in [0.25, 0.3) is 0 Å². The van der Waals surface area contributed by atoms with Crippen molar-refractivity contribution in [3.8, 4) is 0 Å². The molecule has 1 aliphatic rings. The predicted molar refractivity (Wildman–Crippen MR) is 73.5 cm³/mol. The Labute approximate surface area is 117 Å². The molecule has 2 aromatic rings. The molecule has 2 N–H and O–H groups in total. The number of hydroxylamine groups is 1. The van der Waals surface area contributed by atoms with Gasteiger partial charge in [-0.1, -0.05) is 30.3 Å². The minimum Gasteiger partial charge on any atom is -0.348 e. The van der Waals surface area contributed by atoms with Gasteiger partial charge in [0.1, 0.15) is 0 Å². The number of nitrogens with zero attached hydrogens (tertiary/aromatic N) is 1. The van der Waals surface area contributed by atoms with Gasteiger partial charge in [0.2, 0.25) is 5.91 Å². The van der Waals surface area contributed by atoms with Gasteiger partial charge >= 0.3 is 0 Å². The van der Waals surface area contributed by atoms with Gasteiger partial charge in [-0.3, -0.25) is 9.63 Å². The quantitative estimate of drug-likeness (QED) is 0.833. The number of amides is 1. The number of nitrogens with one attached hydrogen (secondary N) is 2. The molecule has 0 fully saturated rings. The largest absolute Gasteiger partial charge is 0.348 e. The number of imidazole rings is 1. The van der Waals surface area contributed by atoms with Crippen LogP contribution in [-0.2, 0) is 29.1 Å². The maximum atomic E-state index is 12.0. The van der Waals surface area contributed by atoms with Gasteiger partial charge in [0.05, 0.1) is 18.6 Å². The summed E-state index contributed by atoms with van der Waals surface area (Å²) in [5.41, 5.74) is 5.74. The van der Waals surface area contributed by atoms with Crippen LogP contribution in [0.4, 0.5) is 0 Å². The van der Waals surface area contributed by atoms with E-state index in [1.165, 1.54) is 0 Å². The maximum Gasteiger partial charge on any atom is 0.247 e. The van der Waals surface area contributed by atoms with Gasteiger partial charge in [0, 0.05) is 18.0 Å². The minimum absolute atomic E-state index is 0.0428. The molecule has 0 saturated heterocycles. The average Bonchev–Trinajstić information content (AvgIpc) is 2.95. The highest BCUT2D eigenvalue weighted by atomic mass is 16.6. The summed E-state index contributed by atoms with van der Waals surface area (Å²) in [5.74, 6) is -0.0973. The monoisotopic (exact) mass is 271 g/mol. The van der Waals surface area contributed by atoms with Crippen LogP contribution in [0.15, 0.2) is 36.7 Å². The summed E-state index contributed by atoms with van der Waals surface area (Å²) in [4.78, 5) is 24.7. The van der Waals surface area contributed by atoms with Gasteiger partial charge < -0.3 is 4.98 Å². The normalized spacial score (nSPS) is 17.5. The lowest BCUT2D eigenvalue weighted by Gasteiger charge is -2.20.